The Morgan fingerprint density at radius 3 is 1.86 bits per heavy atom. The lowest BCUT2D eigenvalue weighted by molar-refractivity contribution is 0.442. The van der Waals surface area contributed by atoms with Gasteiger partial charge < -0.3 is 5.73 Å². The fourth-order valence-corrected chi connectivity index (χ4v) is 3.13. The van der Waals surface area contributed by atoms with Gasteiger partial charge in [-0.1, -0.05) is 96.8 Å². The normalized spacial score (nSPS) is 11.2. The highest BCUT2D eigenvalue weighted by Gasteiger charge is 2.21. The van der Waals surface area contributed by atoms with Crippen molar-refractivity contribution in [2.75, 3.05) is 5.73 Å². The molecule has 0 aromatic heterocycles. The molecule has 0 heterocycles. The lowest BCUT2D eigenvalue weighted by atomic mass is 9.79. The molecule has 0 spiro atoms. The van der Waals surface area contributed by atoms with E-state index < -0.39 is 0 Å². The van der Waals surface area contributed by atoms with E-state index in [1.54, 1.807) is 0 Å². The fourth-order valence-electron chi connectivity index (χ4n) is 3.13. The maximum atomic E-state index is 6.12. The Balaban J connectivity index is 0.00000441. The van der Waals surface area contributed by atoms with Crippen molar-refractivity contribution in [3.63, 3.8) is 0 Å². The first-order valence-electron chi connectivity index (χ1n) is 8.93. The number of hydrogen-bond donors (Lipinski definition) is 1. The van der Waals surface area contributed by atoms with E-state index in [4.69, 9.17) is 5.73 Å². The molecule has 0 aliphatic heterocycles. The smallest absolute Gasteiger partial charge is 0.0352 e. The summed E-state index contributed by atoms with van der Waals surface area (Å²) in [4.78, 5) is 0. The van der Waals surface area contributed by atoms with E-state index in [2.05, 4.69) is 32.9 Å². The van der Waals surface area contributed by atoms with Gasteiger partial charge in [0.15, 0.2) is 0 Å². The van der Waals surface area contributed by atoms with Crippen LogP contribution in [-0.4, -0.2) is 0 Å². The van der Waals surface area contributed by atoms with Gasteiger partial charge in [0.25, 0.3) is 0 Å². The Hall–Kier alpha value is -0.690. The first kappa shape index (κ1) is 21.3. The largest absolute Gasteiger partial charge is 0.398 e. The van der Waals surface area contributed by atoms with Gasteiger partial charge in [0.1, 0.15) is 0 Å². The van der Waals surface area contributed by atoms with E-state index in [1.165, 1.54) is 69.8 Å². The van der Waals surface area contributed by atoms with E-state index in [1.807, 2.05) is 12.1 Å². The molecule has 0 atom stereocenters. The summed E-state index contributed by atoms with van der Waals surface area (Å²) in [5, 5.41) is 0. The molecule has 1 rings (SSSR count). The molecule has 1 aromatic carbocycles. The highest BCUT2D eigenvalue weighted by Crippen LogP contribution is 2.33. The van der Waals surface area contributed by atoms with E-state index in [-0.39, 0.29) is 17.8 Å². The summed E-state index contributed by atoms with van der Waals surface area (Å²) in [6, 6.07) is 8.33. The fraction of sp³-hybridized carbons (Fsp3) is 0.700. The number of hydrogen-bond acceptors (Lipinski definition) is 1. The molecule has 0 aliphatic rings. The van der Waals surface area contributed by atoms with E-state index >= 15 is 0 Å². The Labute approximate surface area is 144 Å². The van der Waals surface area contributed by atoms with Gasteiger partial charge in [0.2, 0.25) is 0 Å². The van der Waals surface area contributed by atoms with Crippen molar-refractivity contribution in [1.29, 1.82) is 0 Å². The second-order valence-electron chi connectivity index (χ2n) is 7.05. The SMILES string of the molecule is CCCCCCCCCCCC(C)(C)c1ccccc1N.Cl. The van der Waals surface area contributed by atoms with Crippen molar-refractivity contribution in [2.24, 2.45) is 0 Å². The van der Waals surface area contributed by atoms with Gasteiger partial charge in [-0.15, -0.1) is 12.4 Å². The number of unbranched alkanes of at least 4 members (excludes halogenated alkanes) is 8. The zero-order valence-corrected chi connectivity index (χ0v) is 15.7. The Kier molecular flexibility index (Phi) is 11.5. The monoisotopic (exact) mass is 325 g/mol. The van der Waals surface area contributed by atoms with Crippen LogP contribution in [0.2, 0.25) is 0 Å². The van der Waals surface area contributed by atoms with Crippen molar-refractivity contribution in [1.82, 2.24) is 0 Å². The van der Waals surface area contributed by atoms with Crippen LogP contribution in [0.3, 0.4) is 0 Å². The Bertz CT molecular complexity index is 387. The van der Waals surface area contributed by atoms with Crippen LogP contribution in [0.1, 0.15) is 90.5 Å². The first-order valence-corrected chi connectivity index (χ1v) is 8.93. The van der Waals surface area contributed by atoms with Crippen molar-refractivity contribution >= 4 is 18.1 Å². The third-order valence-electron chi connectivity index (χ3n) is 4.60. The molecule has 0 saturated heterocycles. The van der Waals surface area contributed by atoms with Gasteiger partial charge >= 0.3 is 0 Å². The molecular formula is C20H36ClN. The Morgan fingerprint density at radius 1 is 0.818 bits per heavy atom. The van der Waals surface area contributed by atoms with Gasteiger partial charge in [0.05, 0.1) is 0 Å². The summed E-state index contributed by atoms with van der Waals surface area (Å²) in [5.41, 5.74) is 8.57. The minimum Gasteiger partial charge on any atom is -0.398 e. The predicted molar refractivity (Wildman–Crippen MR) is 103 cm³/mol. The topological polar surface area (TPSA) is 26.0 Å². The summed E-state index contributed by atoms with van der Waals surface area (Å²) in [5.74, 6) is 0. The van der Waals surface area contributed by atoms with E-state index in [9.17, 15) is 0 Å². The number of para-hydroxylation sites is 1. The number of halogens is 1. The molecule has 0 saturated carbocycles. The van der Waals surface area contributed by atoms with Crippen LogP contribution in [-0.2, 0) is 5.41 Å². The first-order chi connectivity index (χ1) is 10.1. The number of nitrogen functional groups attached to an aromatic ring is 1. The van der Waals surface area contributed by atoms with E-state index in [0.29, 0.717) is 0 Å². The third kappa shape index (κ3) is 8.08. The number of anilines is 1. The number of rotatable bonds is 11. The molecule has 0 aliphatic carbocycles. The summed E-state index contributed by atoms with van der Waals surface area (Å²) < 4.78 is 0. The summed E-state index contributed by atoms with van der Waals surface area (Å²) in [6.45, 7) is 6.92. The van der Waals surface area contributed by atoms with Crippen LogP contribution in [0, 0.1) is 0 Å². The van der Waals surface area contributed by atoms with Gasteiger partial charge in [0, 0.05) is 5.69 Å². The quantitative estimate of drug-likeness (QED) is 0.348. The minimum absolute atomic E-state index is 0. The summed E-state index contributed by atoms with van der Waals surface area (Å²) >= 11 is 0. The molecule has 128 valence electrons. The molecular weight excluding hydrogens is 290 g/mol. The van der Waals surface area contributed by atoms with Crippen molar-refractivity contribution in [2.45, 2.75) is 90.4 Å². The van der Waals surface area contributed by atoms with Gasteiger partial charge in [-0.3, -0.25) is 0 Å². The van der Waals surface area contributed by atoms with Crippen molar-refractivity contribution < 1.29 is 0 Å². The highest BCUT2D eigenvalue weighted by atomic mass is 35.5. The molecule has 0 amide bonds. The Morgan fingerprint density at radius 2 is 1.32 bits per heavy atom. The lowest BCUT2D eigenvalue weighted by Crippen LogP contribution is -2.18. The molecule has 0 fully saturated rings. The molecule has 0 bridgehead atoms. The second-order valence-corrected chi connectivity index (χ2v) is 7.05. The maximum Gasteiger partial charge on any atom is 0.0352 e. The maximum absolute atomic E-state index is 6.12. The van der Waals surface area contributed by atoms with Crippen LogP contribution in [0.5, 0.6) is 0 Å². The molecule has 1 nitrogen and oxygen atoms in total. The second kappa shape index (κ2) is 11.8. The molecule has 0 unspecified atom stereocenters. The molecule has 22 heavy (non-hydrogen) atoms. The highest BCUT2D eigenvalue weighted by molar-refractivity contribution is 5.85. The van der Waals surface area contributed by atoms with Gasteiger partial charge in [-0.25, -0.2) is 0 Å². The zero-order valence-electron chi connectivity index (χ0n) is 14.9. The average Bonchev–Trinajstić information content (AvgIpc) is 2.46. The molecule has 2 N–H and O–H groups in total. The van der Waals surface area contributed by atoms with Crippen LogP contribution in [0.25, 0.3) is 0 Å². The molecule has 2 heteroatoms. The predicted octanol–water partition coefficient (Wildman–Crippen LogP) is 6.89. The summed E-state index contributed by atoms with van der Waals surface area (Å²) in [7, 11) is 0. The third-order valence-corrected chi connectivity index (χ3v) is 4.60. The van der Waals surface area contributed by atoms with Gasteiger partial charge in [-0.2, -0.15) is 0 Å². The van der Waals surface area contributed by atoms with Gasteiger partial charge in [-0.05, 0) is 23.5 Å². The summed E-state index contributed by atoms with van der Waals surface area (Å²) in [6.07, 6.45) is 13.8. The lowest BCUT2D eigenvalue weighted by Gasteiger charge is -2.26. The standard InChI is InChI=1S/C20H35N.ClH/c1-4-5-6-7-8-9-10-11-14-17-20(2,3)18-15-12-13-16-19(18)21;/h12-13,15-16H,4-11,14,17,21H2,1-3H3;1H. The zero-order chi connectivity index (χ0) is 15.6. The minimum atomic E-state index is 0. The van der Waals surface area contributed by atoms with E-state index in [0.717, 1.165) is 5.69 Å². The van der Waals surface area contributed by atoms with Crippen LogP contribution in [0.15, 0.2) is 24.3 Å². The van der Waals surface area contributed by atoms with Crippen LogP contribution < -0.4 is 5.73 Å². The molecule has 0 radical (unpaired) electrons. The van der Waals surface area contributed by atoms with Crippen LogP contribution >= 0.6 is 12.4 Å². The number of benzene rings is 1. The van der Waals surface area contributed by atoms with Crippen molar-refractivity contribution in [3.05, 3.63) is 29.8 Å². The van der Waals surface area contributed by atoms with Crippen molar-refractivity contribution in [3.8, 4) is 0 Å². The average molecular weight is 326 g/mol. The number of nitrogens with two attached hydrogens (primary N) is 1. The van der Waals surface area contributed by atoms with Crippen LogP contribution in [0.4, 0.5) is 5.69 Å². The molecule has 1 aromatic rings.